The van der Waals surface area contributed by atoms with Gasteiger partial charge in [0, 0.05) is 17.0 Å². The van der Waals surface area contributed by atoms with Crippen molar-refractivity contribution >= 4 is 39.9 Å². The molecule has 0 saturated carbocycles. The largest absolute Gasteiger partial charge is 0.273 e. The predicted octanol–water partition coefficient (Wildman–Crippen LogP) is 4.53. The Hall–Kier alpha value is -0.430. The highest BCUT2D eigenvalue weighted by atomic mass is 127. The van der Waals surface area contributed by atoms with Crippen molar-refractivity contribution in [1.82, 2.24) is 0 Å². The molecule has 0 radical (unpaired) electrons. The molecule has 3 nitrogen and oxygen atoms in total. The molecule has 6 heteroatoms. The first-order valence-corrected chi connectivity index (χ1v) is 6.91. The van der Waals surface area contributed by atoms with E-state index in [0.29, 0.717) is 5.56 Å². The number of nitro groups is 1. The van der Waals surface area contributed by atoms with Crippen LogP contribution in [0, 0.1) is 24.9 Å². The Kier molecular flexibility index (Phi) is 4.94. The number of nitro benzene ring substituents is 1. The van der Waals surface area contributed by atoms with Gasteiger partial charge in [-0.25, -0.2) is 4.39 Å². The van der Waals surface area contributed by atoms with Gasteiger partial charge in [0.2, 0.25) is 0 Å². The van der Waals surface area contributed by atoms with Crippen LogP contribution in [-0.4, -0.2) is 10.3 Å². The zero-order chi connectivity index (χ0) is 14.1. The van der Waals surface area contributed by atoms with Crippen molar-refractivity contribution in [2.75, 3.05) is 0 Å². The summed E-state index contributed by atoms with van der Waals surface area (Å²) < 4.78 is 13.7. The Morgan fingerprint density at radius 1 is 1.50 bits per heavy atom. The van der Waals surface area contributed by atoms with E-state index in [9.17, 15) is 14.5 Å². The lowest BCUT2D eigenvalue weighted by Crippen LogP contribution is -2.23. The molecular weight excluding hydrogens is 371 g/mol. The van der Waals surface area contributed by atoms with Crippen molar-refractivity contribution in [3.05, 3.63) is 37.2 Å². The molecule has 0 heterocycles. The molecule has 0 aliphatic carbocycles. The molecular formula is C12H14ClFINO2. The molecule has 0 bridgehead atoms. The van der Waals surface area contributed by atoms with Crippen LogP contribution in [0.3, 0.4) is 0 Å². The van der Waals surface area contributed by atoms with Crippen LogP contribution in [0.4, 0.5) is 10.1 Å². The smallest absolute Gasteiger partial charge is 0.258 e. The molecule has 1 rings (SSSR count). The van der Waals surface area contributed by atoms with Gasteiger partial charge in [-0.2, -0.15) is 0 Å². The molecule has 18 heavy (non-hydrogen) atoms. The fourth-order valence-corrected chi connectivity index (χ4v) is 2.03. The summed E-state index contributed by atoms with van der Waals surface area (Å²) in [5, 5.41) is 10.7. The van der Waals surface area contributed by atoms with Crippen molar-refractivity contribution in [3.8, 4) is 0 Å². The topological polar surface area (TPSA) is 43.1 Å². The quantitative estimate of drug-likeness (QED) is 0.332. The standard InChI is InChI=1S/C12H14ClFINO2/c1-12(2,3)11(13)5-7-4-8(14)9(15)6-10(7)16(17)18/h4,6,11H,5H2,1-3H3. The SMILES string of the molecule is CC(C)(C)C(Cl)Cc1cc(F)c(I)cc1[N+](=O)[O-]. The minimum atomic E-state index is -0.497. The van der Waals surface area contributed by atoms with Crippen LogP contribution in [0.2, 0.25) is 0 Å². The summed E-state index contributed by atoms with van der Waals surface area (Å²) in [6.45, 7) is 5.83. The fraction of sp³-hybridized carbons (Fsp3) is 0.500. The predicted molar refractivity (Wildman–Crippen MR) is 78.6 cm³/mol. The number of alkyl halides is 1. The molecule has 0 saturated heterocycles. The van der Waals surface area contributed by atoms with Gasteiger partial charge in [-0.1, -0.05) is 20.8 Å². The number of hydrogen-bond donors (Lipinski definition) is 0. The monoisotopic (exact) mass is 385 g/mol. The minimum Gasteiger partial charge on any atom is -0.258 e. The van der Waals surface area contributed by atoms with Gasteiger partial charge in [0.25, 0.3) is 5.69 Å². The summed E-state index contributed by atoms with van der Waals surface area (Å²) in [6.07, 6.45) is 0.273. The van der Waals surface area contributed by atoms with Gasteiger partial charge < -0.3 is 0 Å². The molecule has 1 atom stereocenters. The van der Waals surface area contributed by atoms with Crippen molar-refractivity contribution in [1.29, 1.82) is 0 Å². The second-order valence-electron chi connectivity index (χ2n) is 5.19. The lowest BCUT2D eigenvalue weighted by Gasteiger charge is -2.25. The van der Waals surface area contributed by atoms with E-state index in [1.165, 1.54) is 12.1 Å². The molecule has 100 valence electrons. The third-order valence-corrected chi connectivity index (χ3v) is 4.29. The second kappa shape index (κ2) is 5.69. The molecule has 0 N–H and O–H groups in total. The average Bonchev–Trinajstić information content (AvgIpc) is 2.21. The number of hydrogen-bond acceptors (Lipinski definition) is 2. The van der Waals surface area contributed by atoms with E-state index in [1.54, 1.807) is 22.6 Å². The van der Waals surface area contributed by atoms with Gasteiger partial charge in [-0.3, -0.25) is 10.1 Å². The van der Waals surface area contributed by atoms with Crippen LogP contribution in [-0.2, 0) is 6.42 Å². The van der Waals surface area contributed by atoms with Crippen LogP contribution < -0.4 is 0 Å². The first kappa shape index (κ1) is 15.6. The van der Waals surface area contributed by atoms with Crippen LogP contribution in [0.1, 0.15) is 26.3 Å². The normalized spacial score (nSPS) is 13.4. The van der Waals surface area contributed by atoms with Crippen molar-refractivity contribution < 1.29 is 9.31 Å². The van der Waals surface area contributed by atoms with Crippen LogP contribution in [0.5, 0.6) is 0 Å². The highest BCUT2D eigenvalue weighted by Gasteiger charge is 2.26. The molecule has 0 amide bonds. The maximum Gasteiger partial charge on any atom is 0.273 e. The number of halogens is 3. The van der Waals surface area contributed by atoms with Gasteiger partial charge in [0.05, 0.1) is 8.49 Å². The van der Waals surface area contributed by atoms with E-state index < -0.39 is 10.7 Å². The molecule has 0 aliphatic rings. The summed E-state index contributed by atoms with van der Waals surface area (Å²) in [5.74, 6) is -0.450. The van der Waals surface area contributed by atoms with Crippen LogP contribution >= 0.6 is 34.2 Å². The third kappa shape index (κ3) is 3.78. The molecule has 0 aliphatic heterocycles. The maximum atomic E-state index is 13.5. The molecule has 1 aromatic carbocycles. The minimum absolute atomic E-state index is 0.0734. The Morgan fingerprint density at radius 2 is 2.06 bits per heavy atom. The van der Waals surface area contributed by atoms with Crippen LogP contribution in [0.25, 0.3) is 0 Å². The lowest BCUT2D eigenvalue weighted by molar-refractivity contribution is -0.385. The Balaban J connectivity index is 3.15. The maximum absolute atomic E-state index is 13.5. The van der Waals surface area contributed by atoms with Gasteiger partial charge >= 0.3 is 0 Å². The van der Waals surface area contributed by atoms with E-state index in [4.69, 9.17) is 11.6 Å². The summed E-state index contributed by atoms with van der Waals surface area (Å²) in [4.78, 5) is 10.5. The van der Waals surface area contributed by atoms with Crippen molar-refractivity contribution in [3.63, 3.8) is 0 Å². The van der Waals surface area contributed by atoms with E-state index in [2.05, 4.69) is 0 Å². The zero-order valence-electron chi connectivity index (χ0n) is 10.3. The summed E-state index contributed by atoms with van der Waals surface area (Å²) in [5.41, 5.74) is 0.0677. The highest BCUT2D eigenvalue weighted by Crippen LogP contribution is 2.32. The zero-order valence-corrected chi connectivity index (χ0v) is 13.3. The van der Waals surface area contributed by atoms with Gasteiger partial charge in [-0.05, 0) is 40.5 Å². The fourth-order valence-electron chi connectivity index (χ4n) is 1.41. The van der Waals surface area contributed by atoms with Crippen LogP contribution in [0.15, 0.2) is 12.1 Å². The van der Waals surface area contributed by atoms with Crippen molar-refractivity contribution in [2.24, 2.45) is 5.41 Å². The Morgan fingerprint density at radius 3 is 2.50 bits per heavy atom. The Labute approximate surface area is 124 Å². The van der Waals surface area contributed by atoms with Crippen molar-refractivity contribution in [2.45, 2.75) is 32.6 Å². The van der Waals surface area contributed by atoms with Gasteiger partial charge in [-0.15, -0.1) is 11.6 Å². The first-order chi connectivity index (χ1) is 8.12. The Bertz CT molecular complexity index is 474. The first-order valence-electron chi connectivity index (χ1n) is 5.39. The molecule has 0 fully saturated rings. The lowest BCUT2D eigenvalue weighted by atomic mass is 9.87. The average molecular weight is 386 g/mol. The molecule has 0 spiro atoms. The van der Waals surface area contributed by atoms with Gasteiger partial charge in [0.1, 0.15) is 5.82 Å². The molecule has 1 aromatic rings. The van der Waals surface area contributed by atoms with E-state index in [1.807, 2.05) is 20.8 Å². The summed E-state index contributed by atoms with van der Waals surface area (Å²) in [6, 6.07) is 2.46. The highest BCUT2D eigenvalue weighted by molar-refractivity contribution is 14.1. The second-order valence-corrected chi connectivity index (χ2v) is 6.88. The molecule has 0 aromatic heterocycles. The molecule has 1 unspecified atom stereocenters. The van der Waals surface area contributed by atoms with E-state index >= 15 is 0 Å². The summed E-state index contributed by atoms with van der Waals surface area (Å²) in [7, 11) is 0. The van der Waals surface area contributed by atoms with Gasteiger partial charge in [0.15, 0.2) is 0 Å². The number of benzene rings is 1. The van der Waals surface area contributed by atoms with E-state index in [0.717, 1.165) is 0 Å². The third-order valence-electron chi connectivity index (χ3n) is 2.66. The summed E-state index contributed by atoms with van der Waals surface area (Å²) >= 11 is 7.95. The van der Waals surface area contributed by atoms with E-state index in [-0.39, 0.29) is 26.5 Å². The number of rotatable bonds is 3. The number of nitrogens with zero attached hydrogens (tertiary/aromatic N) is 1.